The first kappa shape index (κ1) is 15.3. The van der Waals surface area contributed by atoms with Gasteiger partial charge in [0.05, 0.1) is 4.92 Å². The highest BCUT2D eigenvalue weighted by molar-refractivity contribution is 5.46. The minimum atomic E-state index is -0.641. The van der Waals surface area contributed by atoms with E-state index in [0.717, 1.165) is 18.2 Å². The summed E-state index contributed by atoms with van der Waals surface area (Å²) in [5.41, 5.74) is -0.298. The summed E-state index contributed by atoms with van der Waals surface area (Å²) in [5, 5.41) is 10.8. The zero-order valence-corrected chi connectivity index (χ0v) is 10.8. The van der Waals surface area contributed by atoms with Gasteiger partial charge in [0.2, 0.25) is 0 Å². The normalized spacial score (nSPS) is 10.7. The summed E-state index contributed by atoms with van der Waals surface area (Å²) >= 11 is 0. The zero-order chi connectivity index (χ0) is 14.3. The molecule has 0 saturated heterocycles. The van der Waals surface area contributed by atoms with Crippen LogP contribution in [-0.4, -0.2) is 31.0 Å². The van der Waals surface area contributed by atoms with Crippen molar-refractivity contribution in [3.63, 3.8) is 0 Å². The fourth-order valence-electron chi connectivity index (χ4n) is 1.43. The molecule has 0 bridgehead atoms. The molecule has 0 heterocycles. The number of nitro groups is 1. The van der Waals surface area contributed by atoms with Gasteiger partial charge in [0.1, 0.15) is 12.4 Å². The zero-order valence-electron chi connectivity index (χ0n) is 10.8. The average molecular weight is 273 g/mol. The van der Waals surface area contributed by atoms with E-state index in [-0.39, 0.29) is 18.0 Å². The second-order valence-corrected chi connectivity index (χ2v) is 3.52. The van der Waals surface area contributed by atoms with E-state index in [1.165, 1.54) is 0 Å². The SMILES string of the molecule is CCOC(COc1cc(F)ccc1[N+](=O)[O-])OCC. The molecule has 1 aromatic rings. The predicted molar refractivity (Wildman–Crippen MR) is 65.6 cm³/mol. The van der Waals surface area contributed by atoms with Crippen LogP contribution in [0, 0.1) is 15.9 Å². The Morgan fingerprint density at radius 3 is 2.47 bits per heavy atom. The molecular formula is C12H16FNO5. The molecule has 0 aliphatic rings. The molecule has 0 aliphatic carbocycles. The molecule has 0 aromatic heterocycles. The van der Waals surface area contributed by atoms with Gasteiger partial charge in [-0.15, -0.1) is 0 Å². The first-order chi connectivity index (χ1) is 9.08. The van der Waals surface area contributed by atoms with Gasteiger partial charge in [-0.2, -0.15) is 0 Å². The third-order valence-corrected chi connectivity index (χ3v) is 2.20. The molecule has 7 heteroatoms. The van der Waals surface area contributed by atoms with E-state index in [4.69, 9.17) is 14.2 Å². The van der Waals surface area contributed by atoms with Gasteiger partial charge in [-0.1, -0.05) is 0 Å². The van der Waals surface area contributed by atoms with E-state index < -0.39 is 17.0 Å². The molecule has 0 N–H and O–H groups in total. The summed E-state index contributed by atoms with van der Waals surface area (Å²) in [7, 11) is 0. The van der Waals surface area contributed by atoms with Crippen molar-refractivity contribution in [3.8, 4) is 5.75 Å². The molecule has 0 radical (unpaired) electrons. The van der Waals surface area contributed by atoms with Crippen LogP contribution in [0.15, 0.2) is 18.2 Å². The summed E-state index contributed by atoms with van der Waals surface area (Å²) < 4.78 is 28.7. The minimum Gasteiger partial charge on any atom is -0.481 e. The van der Waals surface area contributed by atoms with Gasteiger partial charge < -0.3 is 14.2 Å². The highest BCUT2D eigenvalue weighted by atomic mass is 19.1. The smallest absolute Gasteiger partial charge is 0.311 e. The summed E-state index contributed by atoms with van der Waals surface area (Å²) in [4.78, 5) is 10.1. The lowest BCUT2D eigenvalue weighted by molar-refractivity contribution is -0.386. The molecule has 6 nitrogen and oxygen atoms in total. The van der Waals surface area contributed by atoms with E-state index in [0.29, 0.717) is 13.2 Å². The van der Waals surface area contributed by atoms with Crippen LogP contribution in [0.3, 0.4) is 0 Å². The van der Waals surface area contributed by atoms with Crippen LogP contribution in [0.25, 0.3) is 0 Å². The van der Waals surface area contributed by atoms with Crippen LogP contribution in [0.4, 0.5) is 10.1 Å². The van der Waals surface area contributed by atoms with Crippen molar-refractivity contribution in [1.29, 1.82) is 0 Å². The standard InChI is InChI=1S/C12H16FNO5/c1-3-17-12(18-4-2)8-19-11-7-9(13)5-6-10(11)14(15)16/h5-7,12H,3-4,8H2,1-2H3. The van der Waals surface area contributed by atoms with Crippen LogP contribution in [0.1, 0.15) is 13.8 Å². The summed E-state index contributed by atoms with van der Waals surface area (Å²) in [6.07, 6.45) is -0.641. The van der Waals surface area contributed by atoms with Gasteiger partial charge in [-0.3, -0.25) is 10.1 Å². The van der Waals surface area contributed by atoms with Gasteiger partial charge in [0.15, 0.2) is 12.0 Å². The van der Waals surface area contributed by atoms with Crippen LogP contribution in [-0.2, 0) is 9.47 Å². The lowest BCUT2D eigenvalue weighted by Gasteiger charge is -2.17. The largest absolute Gasteiger partial charge is 0.481 e. The molecule has 19 heavy (non-hydrogen) atoms. The van der Waals surface area contributed by atoms with Gasteiger partial charge in [0.25, 0.3) is 0 Å². The van der Waals surface area contributed by atoms with Crippen molar-refractivity contribution in [3.05, 3.63) is 34.1 Å². The number of rotatable bonds is 8. The monoisotopic (exact) mass is 273 g/mol. The maximum atomic E-state index is 13.1. The first-order valence-electron chi connectivity index (χ1n) is 5.88. The Bertz CT molecular complexity index is 421. The second-order valence-electron chi connectivity index (χ2n) is 3.52. The minimum absolute atomic E-state index is 0.0496. The fourth-order valence-corrected chi connectivity index (χ4v) is 1.43. The topological polar surface area (TPSA) is 70.8 Å². The number of halogens is 1. The molecule has 1 aromatic carbocycles. The molecule has 0 spiro atoms. The summed E-state index contributed by atoms with van der Waals surface area (Å²) in [6, 6.07) is 3.03. The molecule has 0 unspecified atom stereocenters. The molecule has 0 amide bonds. The lowest BCUT2D eigenvalue weighted by Crippen LogP contribution is -2.25. The van der Waals surface area contributed by atoms with E-state index in [2.05, 4.69) is 0 Å². The Morgan fingerprint density at radius 1 is 1.32 bits per heavy atom. The Kier molecular flexibility index (Phi) is 6.17. The summed E-state index contributed by atoms with van der Waals surface area (Å²) in [5.74, 6) is -0.751. The van der Waals surface area contributed by atoms with Crippen molar-refractivity contribution in [1.82, 2.24) is 0 Å². The van der Waals surface area contributed by atoms with Crippen molar-refractivity contribution in [2.45, 2.75) is 20.1 Å². The number of hydrogen-bond donors (Lipinski definition) is 0. The van der Waals surface area contributed by atoms with Gasteiger partial charge in [-0.05, 0) is 19.9 Å². The lowest BCUT2D eigenvalue weighted by atomic mass is 10.3. The quantitative estimate of drug-likeness (QED) is 0.413. The maximum absolute atomic E-state index is 13.1. The third-order valence-electron chi connectivity index (χ3n) is 2.20. The Hall–Kier alpha value is -1.73. The Balaban J connectivity index is 2.74. The van der Waals surface area contributed by atoms with Crippen molar-refractivity contribution in [2.75, 3.05) is 19.8 Å². The predicted octanol–water partition coefficient (Wildman–Crippen LogP) is 2.51. The highest BCUT2D eigenvalue weighted by Crippen LogP contribution is 2.27. The molecule has 0 aliphatic heterocycles. The van der Waals surface area contributed by atoms with E-state index in [9.17, 15) is 14.5 Å². The van der Waals surface area contributed by atoms with Gasteiger partial charge in [0, 0.05) is 25.3 Å². The Labute approximate surface area is 110 Å². The third kappa shape index (κ3) is 4.80. The molecule has 0 saturated carbocycles. The van der Waals surface area contributed by atoms with Crippen LogP contribution in [0.2, 0.25) is 0 Å². The van der Waals surface area contributed by atoms with Crippen LogP contribution < -0.4 is 4.74 Å². The molecular weight excluding hydrogens is 257 g/mol. The second kappa shape index (κ2) is 7.65. The van der Waals surface area contributed by atoms with E-state index in [1.54, 1.807) is 13.8 Å². The number of nitro benzene ring substituents is 1. The van der Waals surface area contributed by atoms with E-state index >= 15 is 0 Å². The van der Waals surface area contributed by atoms with Crippen molar-refractivity contribution < 1.29 is 23.5 Å². The van der Waals surface area contributed by atoms with Crippen LogP contribution >= 0.6 is 0 Å². The number of benzene rings is 1. The molecule has 1 rings (SSSR count). The number of hydrogen-bond acceptors (Lipinski definition) is 5. The summed E-state index contributed by atoms with van der Waals surface area (Å²) in [6.45, 7) is 4.36. The van der Waals surface area contributed by atoms with Gasteiger partial charge >= 0.3 is 5.69 Å². The fraction of sp³-hybridized carbons (Fsp3) is 0.500. The molecule has 106 valence electrons. The van der Waals surface area contributed by atoms with E-state index in [1.807, 2.05) is 0 Å². The van der Waals surface area contributed by atoms with Crippen molar-refractivity contribution in [2.24, 2.45) is 0 Å². The Morgan fingerprint density at radius 2 is 1.95 bits per heavy atom. The number of nitrogens with zero attached hydrogens (tertiary/aromatic N) is 1. The highest BCUT2D eigenvalue weighted by Gasteiger charge is 2.18. The molecule has 0 fully saturated rings. The average Bonchev–Trinajstić information content (AvgIpc) is 2.36. The molecule has 0 atom stereocenters. The maximum Gasteiger partial charge on any atom is 0.311 e. The van der Waals surface area contributed by atoms with Gasteiger partial charge in [-0.25, -0.2) is 4.39 Å². The van der Waals surface area contributed by atoms with Crippen LogP contribution in [0.5, 0.6) is 5.75 Å². The first-order valence-corrected chi connectivity index (χ1v) is 5.88. The number of ether oxygens (including phenoxy) is 3. The van der Waals surface area contributed by atoms with Crippen molar-refractivity contribution >= 4 is 5.69 Å².